The van der Waals surface area contributed by atoms with Gasteiger partial charge in [-0.15, -0.1) is 0 Å². The second kappa shape index (κ2) is 8.11. The van der Waals surface area contributed by atoms with E-state index in [0.29, 0.717) is 0 Å². The van der Waals surface area contributed by atoms with Gasteiger partial charge in [-0.05, 0) is 31.0 Å². The first kappa shape index (κ1) is 17.6. The standard InChI is InChI=1S/C15H19FN2O4/c1-3-22-12(19)7-9(2)13(14(17)20)18-15(21)10-5-4-6-11(16)8-10/h4-6,8-9,13H,3,7H2,1-2H3,(H2,17,20)(H,18,21)/t9-,13-/m0/s1. The maximum atomic E-state index is 13.1. The average Bonchev–Trinajstić information content (AvgIpc) is 2.44. The lowest BCUT2D eigenvalue weighted by molar-refractivity contribution is -0.144. The normalized spacial score (nSPS) is 13.0. The van der Waals surface area contributed by atoms with Gasteiger partial charge in [-0.1, -0.05) is 13.0 Å². The van der Waals surface area contributed by atoms with Crippen molar-refractivity contribution in [2.24, 2.45) is 11.7 Å². The van der Waals surface area contributed by atoms with Crippen molar-refractivity contribution in [3.05, 3.63) is 35.6 Å². The van der Waals surface area contributed by atoms with Gasteiger partial charge in [0.05, 0.1) is 13.0 Å². The molecule has 0 aliphatic carbocycles. The van der Waals surface area contributed by atoms with E-state index in [1.165, 1.54) is 18.2 Å². The van der Waals surface area contributed by atoms with Crippen LogP contribution in [0.4, 0.5) is 4.39 Å². The van der Waals surface area contributed by atoms with Gasteiger partial charge in [0.15, 0.2) is 0 Å². The minimum atomic E-state index is -1.06. The quantitative estimate of drug-likeness (QED) is 0.734. The molecule has 0 saturated carbocycles. The highest BCUT2D eigenvalue weighted by Crippen LogP contribution is 2.11. The Balaban J connectivity index is 2.77. The SMILES string of the molecule is CCOC(=O)C[C@H](C)[C@H](NC(=O)c1cccc(F)c1)C(N)=O. The molecular weight excluding hydrogens is 291 g/mol. The summed E-state index contributed by atoms with van der Waals surface area (Å²) < 4.78 is 17.9. The highest BCUT2D eigenvalue weighted by Gasteiger charge is 2.27. The van der Waals surface area contributed by atoms with Crippen molar-refractivity contribution in [3.63, 3.8) is 0 Å². The molecule has 0 fully saturated rings. The van der Waals surface area contributed by atoms with E-state index in [9.17, 15) is 18.8 Å². The Morgan fingerprint density at radius 3 is 2.59 bits per heavy atom. The summed E-state index contributed by atoms with van der Waals surface area (Å²) in [6, 6.07) is 3.98. The van der Waals surface area contributed by atoms with E-state index in [1.807, 2.05) is 0 Å². The Morgan fingerprint density at radius 1 is 1.36 bits per heavy atom. The molecule has 0 heterocycles. The molecule has 0 radical (unpaired) electrons. The molecule has 0 aliphatic heterocycles. The van der Waals surface area contributed by atoms with E-state index in [1.54, 1.807) is 13.8 Å². The van der Waals surface area contributed by atoms with E-state index in [-0.39, 0.29) is 18.6 Å². The van der Waals surface area contributed by atoms with Crippen LogP contribution < -0.4 is 11.1 Å². The molecular formula is C15H19FN2O4. The number of carbonyl (C=O) groups is 3. The molecule has 1 aromatic carbocycles. The lowest BCUT2D eigenvalue weighted by Crippen LogP contribution is -2.49. The molecule has 1 aromatic rings. The highest BCUT2D eigenvalue weighted by atomic mass is 19.1. The fourth-order valence-corrected chi connectivity index (χ4v) is 1.95. The molecule has 0 bridgehead atoms. The van der Waals surface area contributed by atoms with Gasteiger partial charge in [0, 0.05) is 5.56 Å². The van der Waals surface area contributed by atoms with Crippen LogP contribution >= 0.6 is 0 Å². The summed E-state index contributed by atoms with van der Waals surface area (Å²) in [6.07, 6.45) is -0.0646. The Morgan fingerprint density at radius 2 is 2.05 bits per heavy atom. The second-order valence-corrected chi connectivity index (χ2v) is 4.85. The van der Waals surface area contributed by atoms with Crippen LogP contribution in [0.15, 0.2) is 24.3 Å². The summed E-state index contributed by atoms with van der Waals surface area (Å²) in [6.45, 7) is 3.49. The summed E-state index contributed by atoms with van der Waals surface area (Å²) in [5, 5.41) is 2.42. The number of rotatable bonds is 7. The molecule has 0 unspecified atom stereocenters. The fraction of sp³-hybridized carbons (Fsp3) is 0.400. The molecule has 0 saturated heterocycles. The molecule has 120 valence electrons. The molecule has 2 amide bonds. The summed E-state index contributed by atoms with van der Waals surface area (Å²) in [4.78, 5) is 35.0. The van der Waals surface area contributed by atoms with Crippen LogP contribution in [0.25, 0.3) is 0 Å². The van der Waals surface area contributed by atoms with Gasteiger partial charge < -0.3 is 15.8 Å². The van der Waals surface area contributed by atoms with E-state index in [4.69, 9.17) is 10.5 Å². The number of amides is 2. The lowest BCUT2D eigenvalue weighted by Gasteiger charge is -2.21. The molecule has 22 heavy (non-hydrogen) atoms. The first-order chi connectivity index (χ1) is 10.3. The van der Waals surface area contributed by atoms with Crippen molar-refractivity contribution in [3.8, 4) is 0 Å². The Kier molecular flexibility index (Phi) is 6.49. The number of nitrogens with two attached hydrogens (primary N) is 1. The van der Waals surface area contributed by atoms with Gasteiger partial charge in [0.25, 0.3) is 5.91 Å². The summed E-state index contributed by atoms with van der Waals surface area (Å²) in [5.41, 5.74) is 5.33. The molecule has 2 atom stereocenters. The molecule has 3 N–H and O–H groups in total. The zero-order chi connectivity index (χ0) is 16.7. The second-order valence-electron chi connectivity index (χ2n) is 4.85. The van der Waals surface area contributed by atoms with Crippen LogP contribution in [0, 0.1) is 11.7 Å². The van der Waals surface area contributed by atoms with Crippen molar-refractivity contribution in [2.45, 2.75) is 26.3 Å². The molecule has 0 spiro atoms. The predicted octanol–water partition coefficient (Wildman–Crippen LogP) is 0.999. The van der Waals surface area contributed by atoms with Gasteiger partial charge in [-0.3, -0.25) is 14.4 Å². The summed E-state index contributed by atoms with van der Waals surface area (Å²) in [7, 11) is 0. The Bertz CT molecular complexity index is 562. The number of halogens is 1. The van der Waals surface area contributed by atoms with Crippen LogP contribution in [-0.2, 0) is 14.3 Å². The third-order valence-corrected chi connectivity index (χ3v) is 3.04. The van der Waals surface area contributed by atoms with Crippen LogP contribution in [0.1, 0.15) is 30.6 Å². The molecule has 0 aromatic heterocycles. The Hall–Kier alpha value is -2.44. The van der Waals surface area contributed by atoms with E-state index < -0.39 is 35.6 Å². The average molecular weight is 310 g/mol. The van der Waals surface area contributed by atoms with Crippen LogP contribution in [0.5, 0.6) is 0 Å². The minimum Gasteiger partial charge on any atom is -0.466 e. The number of esters is 1. The smallest absolute Gasteiger partial charge is 0.306 e. The molecule has 0 aliphatic rings. The van der Waals surface area contributed by atoms with Crippen molar-refractivity contribution in [1.29, 1.82) is 0 Å². The maximum Gasteiger partial charge on any atom is 0.306 e. The highest BCUT2D eigenvalue weighted by molar-refractivity contribution is 5.97. The van der Waals surface area contributed by atoms with Crippen molar-refractivity contribution in [1.82, 2.24) is 5.32 Å². The first-order valence-corrected chi connectivity index (χ1v) is 6.86. The van der Waals surface area contributed by atoms with Crippen LogP contribution in [0.2, 0.25) is 0 Å². The molecule has 6 nitrogen and oxygen atoms in total. The number of hydrogen-bond acceptors (Lipinski definition) is 4. The largest absolute Gasteiger partial charge is 0.466 e. The third kappa shape index (κ3) is 5.16. The topological polar surface area (TPSA) is 98.5 Å². The van der Waals surface area contributed by atoms with Gasteiger partial charge in [0.2, 0.25) is 5.91 Å². The van der Waals surface area contributed by atoms with Gasteiger partial charge in [-0.25, -0.2) is 4.39 Å². The zero-order valence-corrected chi connectivity index (χ0v) is 12.5. The molecule has 7 heteroatoms. The number of hydrogen-bond donors (Lipinski definition) is 2. The maximum absolute atomic E-state index is 13.1. The minimum absolute atomic E-state index is 0.0644. The number of ether oxygens (including phenoxy) is 1. The van der Waals surface area contributed by atoms with Crippen molar-refractivity contribution >= 4 is 17.8 Å². The number of benzene rings is 1. The lowest BCUT2D eigenvalue weighted by atomic mass is 9.97. The van der Waals surface area contributed by atoms with Crippen molar-refractivity contribution < 1.29 is 23.5 Å². The van der Waals surface area contributed by atoms with Crippen LogP contribution in [-0.4, -0.2) is 30.4 Å². The third-order valence-electron chi connectivity index (χ3n) is 3.04. The van der Waals surface area contributed by atoms with Gasteiger partial charge in [0.1, 0.15) is 11.9 Å². The number of carbonyl (C=O) groups excluding carboxylic acids is 3. The predicted molar refractivity (Wildman–Crippen MR) is 77.3 cm³/mol. The Labute approximate surface area is 127 Å². The summed E-state index contributed by atoms with van der Waals surface area (Å²) >= 11 is 0. The van der Waals surface area contributed by atoms with Crippen molar-refractivity contribution in [2.75, 3.05) is 6.61 Å². The summed E-state index contributed by atoms with van der Waals surface area (Å²) in [5.74, 6) is -3.02. The zero-order valence-electron chi connectivity index (χ0n) is 12.5. The molecule has 1 rings (SSSR count). The fourth-order valence-electron chi connectivity index (χ4n) is 1.95. The van der Waals surface area contributed by atoms with Gasteiger partial charge >= 0.3 is 5.97 Å². The van der Waals surface area contributed by atoms with E-state index in [0.717, 1.165) is 6.07 Å². The number of primary amides is 1. The number of nitrogens with one attached hydrogen (secondary N) is 1. The van der Waals surface area contributed by atoms with E-state index >= 15 is 0 Å². The van der Waals surface area contributed by atoms with Crippen LogP contribution in [0.3, 0.4) is 0 Å². The van der Waals surface area contributed by atoms with Gasteiger partial charge in [-0.2, -0.15) is 0 Å². The monoisotopic (exact) mass is 310 g/mol. The first-order valence-electron chi connectivity index (χ1n) is 6.86. The van der Waals surface area contributed by atoms with E-state index in [2.05, 4.69) is 5.32 Å².